The van der Waals surface area contributed by atoms with E-state index in [1.54, 1.807) is 0 Å². The molecule has 0 spiro atoms. The molecular weight excluding hydrogens is 301 g/mol. The zero-order chi connectivity index (χ0) is 15.4. The van der Waals surface area contributed by atoms with Crippen LogP contribution in [0, 0.1) is 11.6 Å². The van der Waals surface area contributed by atoms with Crippen LogP contribution in [0.4, 0.5) is 8.78 Å². The van der Waals surface area contributed by atoms with Gasteiger partial charge < -0.3 is 4.52 Å². The minimum Gasteiger partial charge on any atom is -0.464 e. The summed E-state index contributed by atoms with van der Waals surface area (Å²) in [4.78, 5) is 0. The second-order valence-corrected chi connectivity index (χ2v) is 6.47. The molecule has 0 bridgehead atoms. The summed E-state index contributed by atoms with van der Waals surface area (Å²) in [5.74, 6) is -1.10. The van der Waals surface area contributed by atoms with E-state index in [2.05, 4.69) is 0 Å². The lowest BCUT2D eigenvalue weighted by Crippen LogP contribution is -2.15. The van der Waals surface area contributed by atoms with Crippen molar-refractivity contribution in [2.24, 2.45) is 0 Å². The smallest absolute Gasteiger partial charge is 0.150 e. The first-order valence-corrected chi connectivity index (χ1v) is 8.02. The first kappa shape index (κ1) is 14.7. The number of halogens is 2. The Balaban J connectivity index is 1.99. The lowest BCUT2D eigenvalue weighted by atomic mass is 10.3. The largest absolute Gasteiger partial charge is 0.464 e. The predicted octanol–water partition coefficient (Wildman–Crippen LogP) is 4.39. The summed E-state index contributed by atoms with van der Waals surface area (Å²) < 4.78 is 32.7. The fourth-order valence-electron chi connectivity index (χ4n) is 2.07. The van der Waals surface area contributed by atoms with Crippen molar-refractivity contribution in [1.29, 1.82) is 0 Å². The highest BCUT2D eigenvalue weighted by Crippen LogP contribution is 2.36. The summed E-state index contributed by atoms with van der Waals surface area (Å²) in [5.41, 5.74) is 0. The van der Waals surface area contributed by atoms with Crippen molar-refractivity contribution < 1.29 is 13.3 Å². The third-order valence-corrected chi connectivity index (χ3v) is 4.94. The van der Waals surface area contributed by atoms with Crippen molar-refractivity contribution in [3.63, 3.8) is 0 Å². The molecule has 0 aliphatic heterocycles. The topological polar surface area (TPSA) is 9.23 Å². The molecular formula is C18H13F2OP. The Morgan fingerprint density at radius 3 is 1.55 bits per heavy atom. The standard InChI is InChI=1S/C18H13F2OP/c19-14-11-15(20)13-16(12-14)21-22(17-7-3-1-4-8-17)18-9-5-2-6-10-18/h1-13H. The first-order chi connectivity index (χ1) is 10.7. The van der Waals surface area contributed by atoms with Gasteiger partial charge >= 0.3 is 0 Å². The molecule has 3 aromatic carbocycles. The third-order valence-electron chi connectivity index (χ3n) is 3.01. The van der Waals surface area contributed by atoms with Gasteiger partial charge in [0.25, 0.3) is 0 Å². The molecule has 110 valence electrons. The Morgan fingerprint density at radius 2 is 1.09 bits per heavy atom. The summed E-state index contributed by atoms with van der Waals surface area (Å²) in [6.45, 7) is 0. The van der Waals surface area contributed by atoms with Crippen molar-refractivity contribution in [3.8, 4) is 5.75 Å². The average molecular weight is 314 g/mol. The molecule has 0 atom stereocenters. The van der Waals surface area contributed by atoms with Crippen LogP contribution < -0.4 is 15.1 Å². The summed E-state index contributed by atoms with van der Waals surface area (Å²) in [5, 5.41) is 1.96. The maximum absolute atomic E-state index is 13.4. The van der Waals surface area contributed by atoms with Gasteiger partial charge in [0.15, 0.2) is 8.15 Å². The van der Waals surface area contributed by atoms with E-state index in [-0.39, 0.29) is 5.75 Å². The number of rotatable bonds is 4. The highest BCUT2D eigenvalue weighted by molar-refractivity contribution is 7.68. The van der Waals surface area contributed by atoms with Crippen molar-refractivity contribution in [2.45, 2.75) is 0 Å². The van der Waals surface area contributed by atoms with E-state index >= 15 is 0 Å². The van der Waals surface area contributed by atoms with Crippen molar-refractivity contribution in [1.82, 2.24) is 0 Å². The molecule has 0 heterocycles. The summed E-state index contributed by atoms with van der Waals surface area (Å²) in [6, 6.07) is 22.6. The molecule has 0 unspecified atom stereocenters. The molecule has 0 aliphatic carbocycles. The highest BCUT2D eigenvalue weighted by atomic mass is 31.1. The summed E-state index contributed by atoms with van der Waals surface area (Å²) in [7, 11) is -1.19. The molecule has 0 saturated carbocycles. The van der Waals surface area contributed by atoms with E-state index in [0.29, 0.717) is 0 Å². The van der Waals surface area contributed by atoms with Crippen molar-refractivity contribution in [2.75, 3.05) is 0 Å². The summed E-state index contributed by atoms with van der Waals surface area (Å²) >= 11 is 0. The van der Waals surface area contributed by atoms with Gasteiger partial charge in [-0.05, 0) is 0 Å². The van der Waals surface area contributed by atoms with E-state index < -0.39 is 19.8 Å². The van der Waals surface area contributed by atoms with E-state index in [9.17, 15) is 8.78 Å². The normalized spacial score (nSPS) is 10.7. The molecule has 3 aromatic rings. The fourth-order valence-corrected chi connectivity index (χ4v) is 3.78. The lowest BCUT2D eigenvalue weighted by molar-refractivity contribution is 0.555. The van der Waals surface area contributed by atoms with Gasteiger partial charge in [0.2, 0.25) is 0 Å². The van der Waals surface area contributed by atoms with Crippen molar-refractivity contribution >= 4 is 18.8 Å². The minimum atomic E-state index is -1.19. The minimum absolute atomic E-state index is 0.191. The van der Waals surface area contributed by atoms with Crippen LogP contribution in [-0.2, 0) is 0 Å². The molecule has 0 aromatic heterocycles. The molecule has 0 saturated heterocycles. The van der Waals surface area contributed by atoms with Crippen LogP contribution >= 0.6 is 8.15 Å². The second kappa shape index (κ2) is 6.67. The molecule has 0 radical (unpaired) electrons. The number of hydrogen-bond acceptors (Lipinski definition) is 1. The lowest BCUT2D eigenvalue weighted by Gasteiger charge is -2.19. The summed E-state index contributed by atoms with van der Waals surface area (Å²) in [6.07, 6.45) is 0. The van der Waals surface area contributed by atoms with E-state index in [4.69, 9.17) is 4.52 Å². The predicted molar refractivity (Wildman–Crippen MR) is 86.1 cm³/mol. The van der Waals surface area contributed by atoms with Gasteiger partial charge in [0, 0.05) is 28.8 Å². The van der Waals surface area contributed by atoms with Gasteiger partial charge in [0.05, 0.1) is 0 Å². The average Bonchev–Trinajstić information content (AvgIpc) is 2.53. The van der Waals surface area contributed by atoms with Crippen LogP contribution in [0.15, 0.2) is 78.9 Å². The second-order valence-electron chi connectivity index (χ2n) is 4.66. The van der Waals surface area contributed by atoms with Crippen LogP contribution in [0.25, 0.3) is 0 Å². The number of benzene rings is 3. The third kappa shape index (κ3) is 3.49. The van der Waals surface area contributed by atoms with Crippen LogP contribution in [0.2, 0.25) is 0 Å². The quantitative estimate of drug-likeness (QED) is 0.649. The maximum Gasteiger partial charge on any atom is 0.150 e. The Bertz CT molecular complexity index is 688. The monoisotopic (exact) mass is 314 g/mol. The molecule has 0 amide bonds. The zero-order valence-corrected chi connectivity index (χ0v) is 12.5. The van der Waals surface area contributed by atoms with Gasteiger partial charge in [-0.15, -0.1) is 0 Å². The fraction of sp³-hybridized carbons (Fsp3) is 0. The number of hydrogen-bond donors (Lipinski definition) is 0. The highest BCUT2D eigenvalue weighted by Gasteiger charge is 2.17. The Kier molecular flexibility index (Phi) is 4.45. The Morgan fingerprint density at radius 1 is 0.636 bits per heavy atom. The zero-order valence-electron chi connectivity index (χ0n) is 11.6. The molecule has 3 rings (SSSR count). The Hall–Kier alpha value is -2.25. The maximum atomic E-state index is 13.4. The van der Waals surface area contributed by atoms with Gasteiger partial charge in [-0.25, -0.2) is 8.78 Å². The van der Waals surface area contributed by atoms with Gasteiger partial charge in [-0.3, -0.25) is 0 Å². The van der Waals surface area contributed by atoms with E-state index in [0.717, 1.165) is 16.7 Å². The van der Waals surface area contributed by atoms with Crippen LogP contribution in [0.3, 0.4) is 0 Å². The van der Waals surface area contributed by atoms with Gasteiger partial charge in [-0.1, -0.05) is 60.7 Å². The molecule has 0 N–H and O–H groups in total. The molecule has 0 fully saturated rings. The molecule has 0 aliphatic rings. The van der Waals surface area contributed by atoms with E-state index in [1.807, 2.05) is 60.7 Å². The van der Waals surface area contributed by atoms with Gasteiger partial charge in [0.1, 0.15) is 17.4 Å². The first-order valence-electron chi connectivity index (χ1n) is 6.77. The van der Waals surface area contributed by atoms with Crippen LogP contribution in [0.5, 0.6) is 5.75 Å². The van der Waals surface area contributed by atoms with Crippen molar-refractivity contribution in [3.05, 3.63) is 90.5 Å². The van der Waals surface area contributed by atoms with Gasteiger partial charge in [-0.2, -0.15) is 0 Å². The molecule has 1 nitrogen and oxygen atoms in total. The molecule has 22 heavy (non-hydrogen) atoms. The van der Waals surface area contributed by atoms with E-state index in [1.165, 1.54) is 12.1 Å². The van der Waals surface area contributed by atoms with Crippen LogP contribution in [0.1, 0.15) is 0 Å². The molecule has 4 heteroatoms. The SMILES string of the molecule is Fc1cc(F)cc(OP(c2ccccc2)c2ccccc2)c1. The van der Waals surface area contributed by atoms with Crippen LogP contribution in [-0.4, -0.2) is 0 Å². The Labute approximate surface area is 129 Å².